The first-order valence-corrected chi connectivity index (χ1v) is 8.50. The maximum absolute atomic E-state index is 12.9. The summed E-state index contributed by atoms with van der Waals surface area (Å²) in [5.74, 6) is -0.610. The highest BCUT2D eigenvalue weighted by Crippen LogP contribution is 2.18. The van der Waals surface area contributed by atoms with Gasteiger partial charge in [-0.15, -0.1) is 0 Å². The van der Waals surface area contributed by atoms with Gasteiger partial charge in [0.1, 0.15) is 5.56 Å². The molecule has 2 heterocycles. The number of carbonyl (C=O) groups excluding carboxylic acids is 1. The molecule has 140 valence electrons. The summed E-state index contributed by atoms with van der Waals surface area (Å²) in [6, 6.07) is 12.9. The van der Waals surface area contributed by atoms with Crippen LogP contribution in [0, 0.1) is 11.3 Å². The van der Waals surface area contributed by atoms with E-state index in [9.17, 15) is 9.59 Å². The number of rotatable bonds is 5. The van der Waals surface area contributed by atoms with Gasteiger partial charge in [-0.25, -0.2) is 0 Å². The quantitative estimate of drug-likeness (QED) is 0.693. The van der Waals surface area contributed by atoms with Crippen molar-refractivity contribution in [2.75, 3.05) is 6.61 Å². The number of nitrogens with zero attached hydrogens (tertiary/aromatic N) is 4. The summed E-state index contributed by atoms with van der Waals surface area (Å²) < 4.78 is 1.11. The number of carbonyl (C=O) groups is 1. The molecule has 8 heteroatoms. The molecule has 0 aliphatic rings. The first-order valence-electron chi connectivity index (χ1n) is 8.50. The number of hydrogen-bond acceptors (Lipinski definition) is 6. The topological polar surface area (TPSA) is 121 Å². The molecular formula is C20H17N5O3. The number of benzene rings is 1. The standard InChI is InChI=1S/C20H17N5O3/c1-13(12-26)23-19(27)17-9-18(15-6-4-14(10-21)5-7-15)24-25(20(17)28)16-3-2-8-22-11-16/h2-9,11,13,26H,12H2,1H3,(H,23,27). The van der Waals surface area contributed by atoms with Crippen molar-refractivity contribution >= 4 is 5.91 Å². The van der Waals surface area contributed by atoms with Gasteiger partial charge in [0, 0.05) is 17.8 Å². The molecule has 0 aliphatic carbocycles. The van der Waals surface area contributed by atoms with Gasteiger partial charge in [0.25, 0.3) is 11.5 Å². The Bertz CT molecular complexity index is 1090. The zero-order chi connectivity index (χ0) is 20.1. The predicted octanol–water partition coefficient (Wildman–Crippen LogP) is 1.28. The van der Waals surface area contributed by atoms with Crippen molar-refractivity contribution in [2.24, 2.45) is 0 Å². The number of amides is 1. The Morgan fingerprint density at radius 3 is 2.68 bits per heavy atom. The van der Waals surface area contributed by atoms with Crippen LogP contribution in [0.15, 0.2) is 59.7 Å². The van der Waals surface area contributed by atoms with Gasteiger partial charge in [-0.2, -0.15) is 15.0 Å². The molecule has 0 radical (unpaired) electrons. The van der Waals surface area contributed by atoms with E-state index in [1.807, 2.05) is 6.07 Å². The Balaban J connectivity index is 2.17. The predicted molar refractivity (Wildman–Crippen MR) is 102 cm³/mol. The van der Waals surface area contributed by atoms with E-state index in [0.717, 1.165) is 4.68 Å². The van der Waals surface area contributed by atoms with Gasteiger partial charge in [-0.05, 0) is 37.3 Å². The van der Waals surface area contributed by atoms with Crippen molar-refractivity contribution in [1.29, 1.82) is 5.26 Å². The Kier molecular flexibility index (Phi) is 5.58. The average molecular weight is 375 g/mol. The third-order valence-corrected chi connectivity index (χ3v) is 4.01. The van der Waals surface area contributed by atoms with Crippen molar-refractivity contribution in [2.45, 2.75) is 13.0 Å². The fraction of sp³-hybridized carbons (Fsp3) is 0.150. The van der Waals surface area contributed by atoms with Gasteiger partial charge in [-0.3, -0.25) is 14.6 Å². The normalized spacial score (nSPS) is 11.5. The summed E-state index contributed by atoms with van der Waals surface area (Å²) in [5.41, 5.74) is 1.20. The van der Waals surface area contributed by atoms with Crippen molar-refractivity contribution in [3.8, 4) is 23.0 Å². The van der Waals surface area contributed by atoms with Crippen molar-refractivity contribution in [3.05, 3.63) is 76.3 Å². The van der Waals surface area contributed by atoms with Crippen LogP contribution in [0.25, 0.3) is 16.9 Å². The van der Waals surface area contributed by atoms with E-state index in [1.54, 1.807) is 49.5 Å². The van der Waals surface area contributed by atoms with E-state index >= 15 is 0 Å². The van der Waals surface area contributed by atoms with E-state index in [0.29, 0.717) is 22.5 Å². The second-order valence-electron chi connectivity index (χ2n) is 6.12. The first-order chi connectivity index (χ1) is 13.5. The van der Waals surface area contributed by atoms with E-state index in [-0.39, 0.29) is 12.2 Å². The van der Waals surface area contributed by atoms with Gasteiger partial charge in [0.15, 0.2) is 0 Å². The minimum absolute atomic E-state index is 0.112. The summed E-state index contributed by atoms with van der Waals surface area (Å²) in [6.07, 6.45) is 3.03. The Morgan fingerprint density at radius 1 is 1.32 bits per heavy atom. The monoisotopic (exact) mass is 375 g/mol. The van der Waals surface area contributed by atoms with Crippen LogP contribution in [0.3, 0.4) is 0 Å². The zero-order valence-corrected chi connectivity index (χ0v) is 15.0. The summed E-state index contributed by atoms with van der Waals surface area (Å²) in [5, 5.41) is 25.1. The van der Waals surface area contributed by atoms with E-state index in [4.69, 9.17) is 10.4 Å². The number of aromatic nitrogens is 3. The molecule has 0 saturated heterocycles. The lowest BCUT2D eigenvalue weighted by molar-refractivity contribution is 0.0920. The van der Waals surface area contributed by atoms with Crippen LogP contribution < -0.4 is 10.9 Å². The summed E-state index contributed by atoms with van der Waals surface area (Å²) in [4.78, 5) is 29.4. The van der Waals surface area contributed by atoms with Gasteiger partial charge < -0.3 is 10.4 Å². The van der Waals surface area contributed by atoms with Crippen LogP contribution in [0.5, 0.6) is 0 Å². The number of nitriles is 1. The fourth-order valence-corrected chi connectivity index (χ4v) is 2.52. The van der Waals surface area contributed by atoms with Crippen LogP contribution >= 0.6 is 0 Å². The molecule has 2 aromatic heterocycles. The van der Waals surface area contributed by atoms with Crippen LogP contribution in [0.1, 0.15) is 22.8 Å². The molecule has 0 spiro atoms. The molecule has 3 aromatic rings. The molecule has 0 saturated carbocycles. The number of nitrogens with one attached hydrogen (secondary N) is 1. The van der Waals surface area contributed by atoms with Crippen molar-refractivity contribution < 1.29 is 9.90 Å². The summed E-state index contributed by atoms with van der Waals surface area (Å²) >= 11 is 0. The van der Waals surface area contributed by atoms with Gasteiger partial charge in [-0.1, -0.05) is 12.1 Å². The highest BCUT2D eigenvalue weighted by Gasteiger charge is 2.18. The van der Waals surface area contributed by atoms with E-state index in [2.05, 4.69) is 15.4 Å². The Hall–Kier alpha value is -3.83. The van der Waals surface area contributed by atoms with Crippen LogP contribution in [0.2, 0.25) is 0 Å². The Morgan fingerprint density at radius 2 is 2.07 bits per heavy atom. The zero-order valence-electron chi connectivity index (χ0n) is 15.0. The molecule has 1 amide bonds. The van der Waals surface area contributed by atoms with E-state index < -0.39 is 17.5 Å². The number of aliphatic hydroxyl groups excluding tert-OH is 1. The number of aliphatic hydroxyl groups is 1. The largest absolute Gasteiger partial charge is 0.394 e. The molecule has 1 atom stereocenters. The van der Waals surface area contributed by atoms with Gasteiger partial charge in [0.2, 0.25) is 0 Å². The lowest BCUT2D eigenvalue weighted by atomic mass is 10.1. The second-order valence-corrected chi connectivity index (χ2v) is 6.12. The summed E-state index contributed by atoms with van der Waals surface area (Å²) in [6.45, 7) is 1.37. The minimum atomic E-state index is -0.610. The third-order valence-electron chi connectivity index (χ3n) is 4.01. The molecule has 1 unspecified atom stereocenters. The van der Waals surface area contributed by atoms with Crippen LogP contribution in [0.4, 0.5) is 0 Å². The lowest BCUT2D eigenvalue weighted by Crippen LogP contribution is -2.39. The third kappa shape index (κ3) is 3.95. The highest BCUT2D eigenvalue weighted by atomic mass is 16.3. The molecular weight excluding hydrogens is 358 g/mol. The molecule has 1 aromatic carbocycles. The Labute approximate surface area is 160 Å². The molecule has 0 fully saturated rings. The van der Waals surface area contributed by atoms with Gasteiger partial charge >= 0.3 is 0 Å². The molecule has 2 N–H and O–H groups in total. The minimum Gasteiger partial charge on any atom is -0.394 e. The first kappa shape index (κ1) is 18.9. The highest BCUT2D eigenvalue weighted by molar-refractivity contribution is 5.95. The molecule has 0 aliphatic heterocycles. The molecule has 28 heavy (non-hydrogen) atoms. The van der Waals surface area contributed by atoms with Gasteiger partial charge in [0.05, 0.1) is 35.8 Å². The average Bonchev–Trinajstić information content (AvgIpc) is 2.74. The van der Waals surface area contributed by atoms with Crippen molar-refractivity contribution in [3.63, 3.8) is 0 Å². The fourth-order valence-electron chi connectivity index (χ4n) is 2.52. The summed E-state index contributed by atoms with van der Waals surface area (Å²) in [7, 11) is 0. The number of hydrogen-bond donors (Lipinski definition) is 2. The maximum atomic E-state index is 12.9. The SMILES string of the molecule is CC(CO)NC(=O)c1cc(-c2ccc(C#N)cc2)nn(-c2cccnc2)c1=O. The smallest absolute Gasteiger partial charge is 0.284 e. The lowest BCUT2D eigenvalue weighted by Gasteiger charge is -2.13. The van der Waals surface area contributed by atoms with Crippen LogP contribution in [-0.4, -0.2) is 38.4 Å². The molecule has 3 rings (SSSR count). The molecule has 8 nitrogen and oxygen atoms in total. The number of pyridine rings is 1. The van der Waals surface area contributed by atoms with E-state index in [1.165, 1.54) is 12.3 Å². The van der Waals surface area contributed by atoms with Crippen LogP contribution in [-0.2, 0) is 0 Å². The molecule has 0 bridgehead atoms. The second kappa shape index (κ2) is 8.24. The maximum Gasteiger partial charge on any atom is 0.284 e. The van der Waals surface area contributed by atoms with Crippen molar-refractivity contribution in [1.82, 2.24) is 20.1 Å².